The van der Waals surface area contributed by atoms with E-state index in [1.807, 2.05) is 51.1 Å². The number of carbonyl (C=O) groups is 1. The minimum Gasteiger partial charge on any atom is -0.457 e. The van der Waals surface area contributed by atoms with E-state index in [2.05, 4.69) is 0 Å². The van der Waals surface area contributed by atoms with E-state index in [-0.39, 0.29) is 18.0 Å². The third-order valence-electron chi connectivity index (χ3n) is 2.27. The van der Waals surface area contributed by atoms with Crippen LogP contribution in [-0.2, 0) is 9.53 Å². The molecule has 2 nitrogen and oxygen atoms in total. The maximum absolute atomic E-state index is 11.5. The van der Waals surface area contributed by atoms with E-state index in [9.17, 15) is 4.79 Å². The first-order valence-electron chi connectivity index (χ1n) is 5.40. The van der Waals surface area contributed by atoms with E-state index in [1.165, 1.54) is 0 Å². The quantitative estimate of drug-likeness (QED) is 0.706. The van der Waals surface area contributed by atoms with Crippen LogP contribution in [0.4, 0.5) is 0 Å². The average molecular weight is 206 g/mol. The number of esters is 1. The van der Waals surface area contributed by atoms with Crippen LogP contribution in [0.3, 0.4) is 0 Å². The Balaban J connectivity index is 2.69. The summed E-state index contributed by atoms with van der Waals surface area (Å²) in [7, 11) is 0. The molecule has 0 heterocycles. The standard InChI is InChI=1S/C13H18O2/c1-4-12(15-13(14)10(2)3)11-8-6-5-7-9-11/h5-10,12H,4H2,1-3H3. The SMILES string of the molecule is CCC(OC(=O)C(C)C)c1ccccc1. The van der Waals surface area contributed by atoms with Gasteiger partial charge in [-0.3, -0.25) is 4.79 Å². The second-order valence-corrected chi connectivity index (χ2v) is 3.90. The molecule has 2 heteroatoms. The number of hydrogen-bond acceptors (Lipinski definition) is 2. The van der Waals surface area contributed by atoms with E-state index in [4.69, 9.17) is 4.74 Å². The summed E-state index contributed by atoms with van der Waals surface area (Å²) >= 11 is 0. The summed E-state index contributed by atoms with van der Waals surface area (Å²) < 4.78 is 5.41. The molecule has 0 aliphatic rings. The summed E-state index contributed by atoms with van der Waals surface area (Å²) in [5.74, 6) is -0.200. The lowest BCUT2D eigenvalue weighted by Crippen LogP contribution is -2.15. The van der Waals surface area contributed by atoms with Crippen molar-refractivity contribution in [1.82, 2.24) is 0 Å². The second kappa shape index (κ2) is 5.54. The molecule has 0 saturated carbocycles. The molecule has 0 fully saturated rings. The highest BCUT2D eigenvalue weighted by Gasteiger charge is 2.16. The monoisotopic (exact) mass is 206 g/mol. The van der Waals surface area contributed by atoms with Gasteiger partial charge in [-0.05, 0) is 12.0 Å². The van der Waals surface area contributed by atoms with Gasteiger partial charge in [0.15, 0.2) is 0 Å². The van der Waals surface area contributed by atoms with Crippen LogP contribution in [0.25, 0.3) is 0 Å². The third-order valence-corrected chi connectivity index (χ3v) is 2.27. The predicted molar refractivity (Wildman–Crippen MR) is 60.4 cm³/mol. The number of benzene rings is 1. The van der Waals surface area contributed by atoms with Crippen LogP contribution >= 0.6 is 0 Å². The largest absolute Gasteiger partial charge is 0.457 e. The summed E-state index contributed by atoms with van der Waals surface area (Å²) in [4.78, 5) is 11.5. The topological polar surface area (TPSA) is 26.3 Å². The Kier molecular flexibility index (Phi) is 4.35. The Morgan fingerprint density at radius 2 is 1.87 bits per heavy atom. The van der Waals surface area contributed by atoms with Crippen LogP contribution in [-0.4, -0.2) is 5.97 Å². The zero-order valence-corrected chi connectivity index (χ0v) is 9.57. The van der Waals surface area contributed by atoms with Crippen LogP contribution in [0.2, 0.25) is 0 Å². The molecule has 0 N–H and O–H groups in total. The van der Waals surface area contributed by atoms with Crippen molar-refractivity contribution in [2.75, 3.05) is 0 Å². The maximum atomic E-state index is 11.5. The van der Waals surface area contributed by atoms with Gasteiger partial charge in [-0.1, -0.05) is 51.1 Å². The highest BCUT2D eigenvalue weighted by Crippen LogP contribution is 2.21. The highest BCUT2D eigenvalue weighted by molar-refractivity contribution is 5.71. The average Bonchev–Trinajstić information content (AvgIpc) is 2.26. The Hall–Kier alpha value is -1.31. The molecular weight excluding hydrogens is 188 g/mol. The summed E-state index contributed by atoms with van der Waals surface area (Å²) in [6.45, 7) is 5.71. The fraction of sp³-hybridized carbons (Fsp3) is 0.462. The zero-order chi connectivity index (χ0) is 11.3. The Bertz CT molecular complexity index is 304. The molecule has 0 aliphatic heterocycles. The summed E-state index contributed by atoms with van der Waals surface area (Å²) in [6.07, 6.45) is 0.698. The normalized spacial score (nSPS) is 12.5. The van der Waals surface area contributed by atoms with Crippen molar-refractivity contribution in [3.8, 4) is 0 Å². The van der Waals surface area contributed by atoms with Gasteiger partial charge in [0.05, 0.1) is 5.92 Å². The third kappa shape index (κ3) is 3.39. The van der Waals surface area contributed by atoms with Gasteiger partial charge in [-0.15, -0.1) is 0 Å². The molecule has 15 heavy (non-hydrogen) atoms. The van der Waals surface area contributed by atoms with Crippen LogP contribution in [0, 0.1) is 5.92 Å². The van der Waals surface area contributed by atoms with Crippen molar-refractivity contribution in [3.63, 3.8) is 0 Å². The van der Waals surface area contributed by atoms with Crippen molar-refractivity contribution in [2.24, 2.45) is 5.92 Å². The summed E-state index contributed by atoms with van der Waals surface area (Å²) in [5.41, 5.74) is 1.06. The Morgan fingerprint density at radius 1 is 1.27 bits per heavy atom. The van der Waals surface area contributed by atoms with Gasteiger partial charge in [-0.25, -0.2) is 0 Å². The van der Waals surface area contributed by atoms with Crippen molar-refractivity contribution in [3.05, 3.63) is 35.9 Å². The zero-order valence-electron chi connectivity index (χ0n) is 9.57. The van der Waals surface area contributed by atoms with E-state index in [1.54, 1.807) is 0 Å². The minimum absolute atomic E-state index is 0.0669. The fourth-order valence-corrected chi connectivity index (χ4v) is 1.33. The molecule has 0 bridgehead atoms. The van der Waals surface area contributed by atoms with Crippen molar-refractivity contribution in [1.29, 1.82) is 0 Å². The van der Waals surface area contributed by atoms with E-state index >= 15 is 0 Å². The van der Waals surface area contributed by atoms with Crippen molar-refractivity contribution >= 4 is 5.97 Å². The molecule has 0 aromatic heterocycles. The predicted octanol–water partition coefficient (Wildman–Crippen LogP) is 3.34. The van der Waals surface area contributed by atoms with E-state index in [0.29, 0.717) is 0 Å². The van der Waals surface area contributed by atoms with Gasteiger partial charge in [0, 0.05) is 0 Å². The first kappa shape index (κ1) is 11.8. The number of ether oxygens (including phenoxy) is 1. The Labute approximate surface area is 91.3 Å². The van der Waals surface area contributed by atoms with E-state index in [0.717, 1.165) is 12.0 Å². The maximum Gasteiger partial charge on any atom is 0.308 e. The molecule has 82 valence electrons. The van der Waals surface area contributed by atoms with Crippen molar-refractivity contribution < 1.29 is 9.53 Å². The lowest BCUT2D eigenvalue weighted by molar-refractivity contribution is -0.153. The molecule has 1 rings (SSSR count). The Morgan fingerprint density at radius 3 is 2.33 bits per heavy atom. The van der Waals surface area contributed by atoms with Gasteiger partial charge in [-0.2, -0.15) is 0 Å². The molecule has 0 spiro atoms. The number of hydrogen-bond donors (Lipinski definition) is 0. The number of carbonyl (C=O) groups excluding carboxylic acids is 1. The smallest absolute Gasteiger partial charge is 0.308 e. The van der Waals surface area contributed by atoms with Gasteiger partial charge >= 0.3 is 5.97 Å². The molecule has 0 aliphatic carbocycles. The molecule has 1 aromatic carbocycles. The fourth-order valence-electron chi connectivity index (χ4n) is 1.33. The van der Waals surface area contributed by atoms with Crippen LogP contribution in [0.5, 0.6) is 0 Å². The molecular formula is C13H18O2. The lowest BCUT2D eigenvalue weighted by atomic mass is 10.1. The lowest BCUT2D eigenvalue weighted by Gasteiger charge is -2.17. The minimum atomic E-state index is -0.134. The molecule has 0 amide bonds. The first-order valence-corrected chi connectivity index (χ1v) is 5.40. The highest BCUT2D eigenvalue weighted by atomic mass is 16.5. The van der Waals surface area contributed by atoms with Gasteiger partial charge in [0.2, 0.25) is 0 Å². The van der Waals surface area contributed by atoms with Crippen LogP contribution in [0.1, 0.15) is 38.9 Å². The number of rotatable bonds is 4. The molecule has 1 unspecified atom stereocenters. The van der Waals surface area contributed by atoms with Crippen LogP contribution in [0.15, 0.2) is 30.3 Å². The summed E-state index contributed by atoms with van der Waals surface area (Å²) in [6, 6.07) is 9.85. The van der Waals surface area contributed by atoms with Gasteiger partial charge < -0.3 is 4.74 Å². The molecule has 1 aromatic rings. The second-order valence-electron chi connectivity index (χ2n) is 3.90. The van der Waals surface area contributed by atoms with Gasteiger partial charge in [0.25, 0.3) is 0 Å². The van der Waals surface area contributed by atoms with Gasteiger partial charge in [0.1, 0.15) is 6.10 Å². The van der Waals surface area contributed by atoms with Crippen LogP contribution < -0.4 is 0 Å². The summed E-state index contributed by atoms with van der Waals surface area (Å²) in [5, 5.41) is 0. The molecule has 1 atom stereocenters. The van der Waals surface area contributed by atoms with E-state index < -0.39 is 0 Å². The first-order chi connectivity index (χ1) is 7.15. The van der Waals surface area contributed by atoms with Crippen molar-refractivity contribution in [2.45, 2.75) is 33.3 Å². The molecule has 0 radical (unpaired) electrons. The molecule has 0 saturated heterocycles.